The molecule has 1 aromatic carbocycles. The molecule has 2 aliphatic rings. The lowest BCUT2D eigenvalue weighted by Crippen LogP contribution is -2.34. The van der Waals surface area contributed by atoms with Gasteiger partial charge in [-0.2, -0.15) is 0 Å². The standard InChI is InChI=1S/C16H18N2/c1-18-13-6-7-14(18)9-12(8-13)16-10-11-4-2-3-5-15(11)17-16/h2-5,8,10,13-14,17H,6-7,9H2,1H3. The summed E-state index contributed by atoms with van der Waals surface area (Å²) in [5, 5.41) is 1.32. The maximum Gasteiger partial charge on any atom is 0.0458 e. The molecule has 1 N–H and O–H groups in total. The molecule has 2 heteroatoms. The van der Waals surface area contributed by atoms with E-state index in [4.69, 9.17) is 0 Å². The highest BCUT2D eigenvalue weighted by Crippen LogP contribution is 2.37. The minimum atomic E-state index is 0.658. The van der Waals surface area contributed by atoms with E-state index in [0.717, 1.165) is 6.04 Å². The van der Waals surface area contributed by atoms with Crippen molar-refractivity contribution in [3.8, 4) is 0 Å². The van der Waals surface area contributed by atoms with Gasteiger partial charge in [-0.15, -0.1) is 0 Å². The maximum atomic E-state index is 3.56. The van der Waals surface area contributed by atoms with E-state index < -0.39 is 0 Å². The van der Waals surface area contributed by atoms with Crippen LogP contribution in [0.3, 0.4) is 0 Å². The molecular formula is C16H18N2. The topological polar surface area (TPSA) is 19.0 Å². The van der Waals surface area contributed by atoms with Crippen molar-refractivity contribution in [2.45, 2.75) is 31.3 Å². The van der Waals surface area contributed by atoms with Crippen LogP contribution in [0.5, 0.6) is 0 Å². The fourth-order valence-electron chi connectivity index (χ4n) is 3.49. The van der Waals surface area contributed by atoms with Crippen LogP contribution in [0.2, 0.25) is 0 Å². The van der Waals surface area contributed by atoms with Crippen LogP contribution in [-0.2, 0) is 0 Å². The highest BCUT2D eigenvalue weighted by molar-refractivity contribution is 5.85. The normalized spacial score (nSPS) is 27.7. The van der Waals surface area contributed by atoms with E-state index in [-0.39, 0.29) is 0 Å². The first-order valence-corrected chi connectivity index (χ1v) is 6.82. The Morgan fingerprint density at radius 2 is 2.11 bits per heavy atom. The number of rotatable bonds is 1. The molecule has 2 unspecified atom stereocenters. The molecule has 1 saturated heterocycles. The Balaban J connectivity index is 1.77. The number of hydrogen-bond acceptors (Lipinski definition) is 1. The number of benzene rings is 1. The van der Waals surface area contributed by atoms with Gasteiger partial charge in [0.15, 0.2) is 0 Å². The summed E-state index contributed by atoms with van der Waals surface area (Å²) in [6, 6.07) is 12.2. The fraction of sp³-hybridized carbons (Fsp3) is 0.375. The number of likely N-dealkylation sites (N-methyl/N-ethyl adjacent to an activating group) is 1. The van der Waals surface area contributed by atoms with Crippen LogP contribution in [0.25, 0.3) is 16.5 Å². The smallest absolute Gasteiger partial charge is 0.0458 e. The van der Waals surface area contributed by atoms with Gasteiger partial charge in [0, 0.05) is 23.3 Å². The molecule has 2 aromatic rings. The van der Waals surface area contributed by atoms with Crippen molar-refractivity contribution in [1.82, 2.24) is 9.88 Å². The van der Waals surface area contributed by atoms with Crippen LogP contribution in [-0.4, -0.2) is 29.0 Å². The zero-order valence-electron chi connectivity index (χ0n) is 10.7. The van der Waals surface area contributed by atoms with Gasteiger partial charge in [-0.1, -0.05) is 24.3 Å². The lowest BCUT2D eigenvalue weighted by Gasteiger charge is -2.30. The van der Waals surface area contributed by atoms with Gasteiger partial charge in [0.25, 0.3) is 0 Å². The molecular weight excluding hydrogens is 220 g/mol. The second-order valence-electron chi connectivity index (χ2n) is 5.63. The Morgan fingerprint density at radius 1 is 1.22 bits per heavy atom. The summed E-state index contributed by atoms with van der Waals surface area (Å²) in [6.07, 6.45) is 6.33. The number of hydrogen-bond donors (Lipinski definition) is 1. The number of para-hydroxylation sites is 1. The Morgan fingerprint density at radius 3 is 2.94 bits per heavy atom. The summed E-state index contributed by atoms with van der Waals surface area (Å²) in [5.74, 6) is 0. The molecule has 0 amide bonds. The van der Waals surface area contributed by atoms with Crippen molar-refractivity contribution in [2.24, 2.45) is 0 Å². The lowest BCUT2D eigenvalue weighted by atomic mass is 9.99. The van der Waals surface area contributed by atoms with E-state index in [1.165, 1.54) is 41.4 Å². The highest BCUT2D eigenvalue weighted by Gasteiger charge is 2.34. The van der Waals surface area contributed by atoms with Crippen LogP contribution in [0.1, 0.15) is 25.0 Å². The predicted octanol–water partition coefficient (Wildman–Crippen LogP) is 3.42. The first-order valence-electron chi connectivity index (χ1n) is 6.82. The van der Waals surface area contributed by atoms with Crippen LogP contribution in [0, 0.1) is 0 Å². The Kier molecular flexibility index (Phi) is 2.15. The van der Waals surface area contributed by atoms with Gasteiger partial charge in [-0.25, -0.2) is 0 Å². The van der Waals surface area contributed by atoms with Crippen LogP contribution in [0.15, 0.2) is 36.4 Å². The third-order valence-corrected chi connectivity index (χ3v) is 4.62. The van der Waals surface area contributed by atoms with E-state index >= 15 is 0 Å². The summed E-state index contributed by atoms with van der Waals surface area (Å²) in [5.41, 5.74) is 4.08. The third kappa shape index (κ3) is 1.45. The second kappa shape index (κ2) is 3.72. The minimum Gasteiger partial charge on any atom is -0.355 e. The molecule has 2 nitrogen and oxygen atoms in total. The fourth-order valence-corrected chi connectivity index (χ4v) is 3.49. The van der Waals surface area contributed by atoms with Crippen molar-refractivity contribution >= 4 is 16.5 Å². The van der Waals surface area contributed by atoms with Gasteiger partial charge in [0.2, 0.25) is 0 Å². The largest absolute Gasteiger partial charge is 0.355 e. The van der Waals surface area contributed by atoms with E-state index in [1.54, 1.807) is 0 Å². The maximum absolute atomic E-state index is 3.56. The summed E-state index contributed by atoms with van der Waals surface area (Å²) in [6.45, 7) is 0. The SMILES string of the molecule is CN1C2C=C(c3cc4ccccc4[nH]3)CC1CC2. The molecule has 0 aliphatic carbocycles. The van der Waals surface area contributed by atoms with E-state index in [2.05, 4.69) is 53.3 Å². The van der Waals surface area contributed by atoms with Gasteiger partial charge in [0.05, 0.1) is 0 Å². The number of H-pyrrole nitrogens is 1. The van der Waals surface area contributed by atoms with Gasteiger partial charge in [0.1, 0.15) is 0 Å². The van der Waals surface area contributed by atoms with Crippen LogP contribution >= 0.6 is 0 Å². The van der Waals surface area contributed by atoms with Crippen LogP contribution in [0.4, 0.5) is 0 Å². The van der Waals surface area contributed by atoms with E-state index in [1.807, 2.05) is 0 Å². The first kappa shape index (κ1) is 10.4. The molecule has 2 atom stereocenters. The van der Waals surface area contributed by atoms with Gasteiger partial charge >= 0.3 is 0 Å². The molecule has 18 heavy (non-hydrogen) atoms. The van der Waals surface area contributed by atoms with Gasteiger partial charge in [-0.3, -0.25) is 4.90 Å². The second-order valence-corrected chi connectivity index (χ2v) is 5.63. The van der Waals surface area contributed by atoms with Gasteiger partial charge in [-0.05, 0) is 49.4 Å². The van der Waals surface area contributed by atoms with E-state index in [9.17, 15) is 0 Å². The number of fused-ring (bicyclic) bond motifs is 3. The van der Waals surface area contributed by atoms with Crippen molar-refractivity contribution in [3.63, 3.8) is 0 Å². The lowest BCUT2D eigenvalue weighted by molar-refractivity contribution is 0.264. The number of aromatic nitrogens is 1. The minimum absolute atomic E-state index is 0.658. The average molecular weight is 238 g/mol. The number of aromatic amines is 1. The Hall–Kier alpha value is -1.54. The average Bonchev–Trinajstić information content (AvgIpc) is 2.87. The quantitative estimate of drug-likeness (QED) is 0.806. The summed E-state index contributed by atoms with van der Waals surface area (Å²) in [4.78, 5) is 6.10. The third-order valence-electron chi connectivity index (χ3n) is 4.62. The first-order chi connectivity index (χ1) is 8.81. The monoisotopic (exact) mass is 238 g/mol. The summed E-state index contributed by atoms with van der Waals surface area (Å²) in [7, 11) is 2.26. The van der Waals surface area contributed by atoms with Crippen molar-refractivity contribution < 1.29 is 0 Å². The van der Waals surface area contributed by atoms with Gasteiger partial charge < -0.3 is 4.98 Å². The van der Waals surface area contributed by atoms with E-state index in [0.29, 0.717) is 6.04 Å². The van der Waals surface area contributed by atoms with Crippen LogP contribution < -0.4 is 0 Å². The predicted molar refractivity (Wildman–Crippen MR) is 75.5 cm³/mol. The Labute approximate surface area is 107 Å². The molecule has 4 rings (SSSR count). The summed E-state index contributed by atoms with van der Waals surface area (Å²) < 4.78 is 0. The zero-order chi connectivity index (χ0) is 12.1. The number of nitrogens with one attached hydrogen (secondary N) is 1. The molecule has 1 fully saturated rings. The van der Waals surface area contributed by atoms with Crippen molar-refractivity contribution in [3.05, 3.63) is 42.1 Å². The molecule has 2 bridgehead atoms. The molecule has 3 heterocycles. The molecule has 1 aromatic heterocycles. The molecule has 0 radical (unpaired) electrons. The zero-order valence-corrected chi connectivity index (χ0v) is 10.7. The molecule has 92 valence electrons. The molecule has 2 aliphatic heterocycles. The number of nitrogens with zero attached hydrogens (tertiary/aromatic N) is 1. The van der Waals surface area contributed by atoms with Crippen molar-refractivity contribution in [2.75, 3.05) is 7.05 Å². The summed E-state index contributed by atoms with van der Waals surface area (Å²) >= 11 is 0. The molecule has 0 saturated carbocycles. The molecule has 0 spiro atoms. The van der Waals surface area contributed by atoms with Crippen molar-refractivity contribution in [1.29, 1.82) is 0 Å². The highest BCUT2D eigenvalue weighted by atomic mass is 15.2. The Bertz CT molecular complexity index is 590.